The lowest BCUT2D eigenvalue weighted by Gasteiger charge is -2.26. The van der Waals surface area contributed by atoms with E-state index in [1.165, 1.54) is 12.8 Å². The van der Waals surface area contributed by atoms with Crippen molar-refractivity contribution in [2.24, 2.45) is 0 Å². The summed E-state index contributed by atoms with van der Waals surface area (Å²) in [6.07, 6.45) is 3.15. The Morgan fingerprint density at radius 1 is 1.30 bits per heavy atom. The van der Waals surface area contributed by atoms with Gasteiger partial charge in [-0.3, -0.25) is 9.69 Å². The summed E-state index contributed by atoms with van der Waals surface area (Å²) in [6, 6.07) is 9.06. The van der Waals surface area contributed by atoms with Crippen molar-refractivity contribution < 1.29 is 9.53 Å². The molecule has 0 atom stereocenters. The van der Waals surface area contributed by atoms with Gasteiger partial charge in [0.1, 0.15) is 5.75 Å². The van der Waals surface area contributed by atoms with Gasteiger partial charge in [-0.15, -0.1) is 0 Å². The van der Waals surface area contributed by atoms with Crippen LogP contribution in [0.1, 0.15) is 46.1 Å². The van der Waals surface area contributed by atoms with Crippen molar-refractivity contribution in [1.29, 1.82) is 0 Å². The SMILES string of the molecule is CC(C)Oc1cccc(CC(=O)NCCN(C(C)C)C2CC2)c1. The van der Waals surface area contributed by atoms with Gasteiger partial charge in [0.25, 0.3) is 0 Å². The minimum Gasteiger partial charge on any atom is -0.491 e. The van der Waals surface area contributed by atoms with Crippen LogP contribution in [-0.2, 0) is 11.2 Å². The summed E-state index contributed by atoms with van der Waals surface area (Å²) >= 11 is 0. The van der Waals surface area contributed by atoms with E-state index in [0.29, 0.717) is 12.5 Å². The van der Waals surface area contributed by atoms with Crippen molar-refractivity contribution in [3.05, 3.63) is 29.8 Å². The van der Waals surface area contributed by atoms with Gasteiger partial charge >= 0.3 is 0 Å². The Kier molecular flexibility index (Phi) is 6.46. The number of hydrogen-bond donors (Lipinski definition) is 1. The number of ether oxygens (including phenoxy) is 1. The van der Waals surface area contributed by atoms with E-state index in [1.807, 2.05) is 38.1 Å². The monoisotopic (exact) mass is 318 g/mol. The van der Waals surface area contributed by atoms with Crippen LogP contribution in [0.25, 0.3) is 0 Å². The van der Waals surface area contributed by atoms with Crippen LogP contribution in [0.4, 0.5) is 0 Å². The second-order valence-corrected chi connectivity index (χ2v) is 6.90. The van der Waals surface area contributed by atoms with Gasteiger partial charge in [-0.05, 0) is 58.2 Å². The molecule has 4 heteroatoms. The van der Waals surface area contributed by atoms with Gasteiger partial charge in [-0.2, -0.15) is 0 Å². The van der Waals surface area contributed by atoms with Crippen molar-refractivity contribution in [2.45, 2.75) is 65.1 Å². The first-order valence-corrected chi connectivity index (χ1v) is 8.73. The van der Waals surface area contributed by atoms with Crippen LogP contribution in [-0.4, -0.2) is 42.1 Å². The maximum atomic E-state index is 12.1. The molecule has 0 bridgehead atoms. The lowest BCUT2D eigenvalue weighted by Crippen LogP contribution is -2.40. The van der Waals surface area contributed by atoms with Crippen molar-refractivity contribution in [3.63, 3.8) is 0 Å². The summed E-state index contributed by atoms with van der Waals surface area (Å²) in [4.78, 5) is 14.6. The maximum Gasteiger partial charge on any atom is 0.224 e. The first kappa shape index (κ1) is 17.8. The summed E-state index contributed by atoms with van der Waals surface area (Å²) in [6.45, 7) is 10.1. The molecule has 4 nitrogen and oxygen atoms in total. The quantitative estimate of drug-likeness (QED) is 0.761. The molecule has 0 aromatic heterocycles. The van der Waals surface area contributed by atoms with Crippen molar-refractivity contribution >= 4 is 5.91 Å². The molecular weight excluding hydrogens is 288 g/mol. The van der Waals surface area contributed by atoms with Crippen molar-refractivity contribution in [1.82, 2.24) is 10.2 Å². The molecule has 1 aliphatic rings. The van der Waals surface area contributed by atoms with Crippen LogP contribution < -0.4 is 10.1 Å². The minimum absolute atomic E-state index is 0.0752. The van der Waals surface area contributed by atoms with Crippen LogP contribution in [0.15, 0.2) is 24.3 Å². The van der Waals surface area contributed by atoms with E-state index in [0.717, 1.165) is 30.4 Å². The number of nitrogens with zero attached hydrogens (tertiary/aromatic N) is 1. The van der Waals surface area contributed by atoms with E-state index in [9.17, 15) is 4.79 Å². The fourth-order valence-electron chi connectivity index (χ4n) is 2.84. The second-order valence-electron chi connectivity index (χ2n) is 6.90. The van der Waals surface area contributed by atoms with Gasteiger partial charge in [0, 0.05) is 25.2 Å². The molecule has 0 saturated heterocycles. The Bertz CT molecular complexity index is 508. The Balaban J connectivity index is 1.76. The molecule has 0 radical (unpaired) electrons. The van der Waals surface area contributed by atoms with E-state index >= 15 is 0 Å². The Hall–Kier alpha value is -1.55. The van der Waals surface area contributed by atoms with E-state index in [-0.39, 0.29) is 12.0 Å². The predicted octanol–water partition coefficient (Wildman–Crippen LogP) is 3.01. The first-order valence-electron chi connectivity index (χ1n) is 8.73. The lowest BCUT2D eigenvalue weighted by molar-refractivity contribution is -0.120. The predicted molar refractivity (Wildman–Crippen MR) is 93.8 cm³/mol. The maximum absolute atomic E-state index is 12.1. The molecule has 1 aromatic rings. The van der Waals surface area contributed by atoms with Crippen molar-refractivity contribution in [3.8, 4) is 5.75 Å². The first-order chi connectivity index (χ1) is 11.0. The van der Waals surface area contributed by atoms with Crippen LogP contribution >= 0.6 is 0 Å². The van der Waals surface area contributed by atoms with Gasteiger partial charge < -0.3 is 10.1 Å². The van der Waals surface area contributed by atoms with Gasteiger partial charge in [0.2, 0.25) is 5.91 Å². The highest BCUT2D eigenvalue weighted by Crippen LogP contribution is 2.27. The summed E-state index contributed by atoms with van der Waals surface area (Å²) in [5.41, 5.74) is 0.989. The summed E-state index contributed by atoms with van der Waals surface area (Å²) in [7, 11) is 0. The molecular formula is C19H30N2O2. The van der Waals surface area contributed by atoms with Gasteiger partial charge in [-0.1, -0.05) is 12.1 Å². The molecule has 0 aliphatic heterocycles. The fourth-order valence-corrected chi connectivity index (χ4v) is 2.84. The standard InChI is InChI=1S/C19H30N2O2/c1-14(2)21(17-8-9-17)11-10-20-19(22)13-16-6-5-7-18(12-16)23-15(3)4/h5-7,12,14-15,17H,8-11,13H2,1-4H3,(H,20,22). The Morgan fingerprint density at radius 2 is 2.04 bits per heavy atom. The summed E-state index contributed by atoms with van der Waals surface area (Å²) < 4.78 is 5.67. The van der Waals surface area contributed by atoms with Gasteiger partial charge in [0.05, 0.1) is 12.5 Å². The fraction of sp³-hybridized carbons (Fsp3) is 0.632. The van der Waals surface area contributed by atoms with E-state index in [4.69, 9.17) is 4.74 Å². The van der Waals surface area contributed by atoms with Crippen LogP contribution in [0.5, 0.6) is 5.75 Å². The number of hydrogen-bond acceptors (Lipinski definition) is 3. The van der Waals surface area contributed by atoms with E-state index < -0.39 is 0 Å². The zero-order valence-corrected chi connectivity index (χ0v) is 14.8. The molecule has 1 amide bonds. The zero-order chi connectivity index (χ0) is 16.8. The second kappa shape index (κ2) is 8.34. The average molecular weight is 318 g/mol. The molecule has 128 valence electrons. The Morgan fingerprint density at radius 3 is 2.65 bits per heavy atom. The Labute approximate surface area is 140 Å². The van der Waals surface area contributed by atoms with Gasteiger partial charge in [0.15, 0.2) is 0 Å². The van der Waals surface area contributed by atoms with Gasteiger partial charge in [-0.25, -0.2) is 0 Å². The highest BCUT2D eigenvalue weighted by Gasteiger charge is 2.30. The van der Waals surface area contributed by atoms with E-state index in [1.54, 1.807) is 0 Å². The molecule has 2 rings (SSSR count). The minimum atomic E-state index is 0.0752. The third-order valence-electron chi connectivity index (χ3n) is 4.01. The molecule has 1 aliphatic carbocycles. The van der Waals surface area contributed by atoms with Crippen LogP contribution in [0, 0.1) is 0 Å². The molecule has 1 fully saturated rings. The van der Waals surface area contributed by atoms with E-state index in [2.05, 4.69) is 24.1 Å². The smallest absolute Gasteiger partial charge is 0.224 e. The molecule has 1 aromatic carbocycles. The third-order valence-corrected chi connectivity index (χ3v) is 4.01. The average Bonchev–Trinajstić information content (AvgIpc) is 3.27. The number of carbonyl (C=O) groups is 1. The lowest BCUT2D eigenvalue weighted by atomic mass is 10.1. The molecule has 0 spiro atoms. The van der Waals surface area contributed by atoms with Crippen LogP contribution in [0.3, 0.4) is 0 Å². The topological polar surface area (TPSA) is 41.6 Å². The van der Waals surface area contributed by atoms with Crippen molar-refractivity contribution in [2.75, 3.05) is 13.1 Å². The number of benzene rings is 1. The normalized spacial score (nSPS) is 14.6. The molecule has 0 heterocycles. The molecule has 1 N–H and O–H groups in total. The molecule has 0 unspecified atom stereocenters. The molecule has 23 heavy (non-hydrogen) atoms. The summed E-state index contributed by atoms with van der Waals surface area (Å²) in [5, 5.41) is 3.04. The number of carbonyl (C=O) groups excluding carboxylic acids is 1. The zero-order valence-electron chi connectivity index (χ0n) is 14.8. The highest BCUT2D eigenvalue weighted by molar-refractivity contribution is 5.78. The number of nitrogens with one attached hydrogen (secondary N) is 1. The van der Waals surface area contributed by atoms with Crippen LogP contribution in [0.2, 0.25) is 0 Å². The molecule has 1 saturated carbocycles. The largest absolute Gasteiger partial charge is 0.491 e. The summed E-state index contributed by atoms with van der Waals surface area (Å²) in [5.74, 6) is 0.899. The third kappa shape index (κ3) is 6.22. The number of amides is 1. The highest BCUT2D eigenvalue weighted by atomic mass is 16.5. The number of rotatable bonds is 9.